The van der Waals surface area contributed by atoms with Crippen molar-refractivity contribution < 1.29 is 19.0 Å². The Balaban J connectivity index is 2.07. The number of aromatic nitrogens is 1. The standard InChI is InChI=1S/C25H30N2O4/c1-6-19-24(18-9-7-8-10-20(18)29-3)23(25(26)28)16(2)27(19)14-13-17-11-12-21(30-4)22(15-17)31-5/h7-12,15H,6,13-14H2,1-5H3,(H2,26,28). The zero-order valence-corrected chi connectivity index (χ0v) is 18.8. The number of primary amides is 1. The molecule has 0 spiro atoms. The molecule has 0 saturated carbocycles. The van der Waals surface area contributed by atoms with Gasteiger partial charge in [-0.1, -0.05) is 31.2 Å². The molecule has 2 N–H and O–H groups in total. The fourth-order valence-corrected chi connectivity index (χ4v) is 4.19. The van der Waals surface area contributed by atoms with Crippen molar-refractivity contribution in [3.63, 3.8) is 0 Å². The minimum absolute atomic E-state index is 0.432. The fourth-order valence-electron chi connectivity index (χ4n) is 4.19. The van der Waals surface area contributed by atoms with E-state index in [0.717, 1.165) is 46.7 Å². The highest BCUT2D eigenvalue weighted by molar-refractivity contribution is 6.03. The van der Waals surface area contributed by atoms with Crippen LogP contribution >= 0.6 is 0 Å². The first-order valence-electron chi connectivity index (χ1n) is 10.3. The maximum Gasteiger partial charge on any atom is 0.251 e. The summed E-state index contributed by atoms with van der Waals surface area (Å²) < 4.78 is 18.5. The number of carbonyl (C=O) groups excluding carboxylic acids is 1. The first-order chi connectivity index (χ1) is 15.0. The van der Waals surface area contributed by atoms with Crippen LogP contribution in [0.25, 0.3) is 11.1 Å². The number of ether oxygens (including phenoxy) is 3. The summed E-state index contributed by atoms with van der Waals surface area (Å²) >= 11 is 0. The molecule has 0 bridgehead atoms. The lowest BCUT2D eigenvalue weighted by molar-refractivity contribution is 0.1000. The second kappa shape index (κ2) is 9.60. The first kappa shape index (κ1) is 22.3. The SMILES string of the molecule is CCc1c(-c2ccccc2OC)c(C(N)=O)c(C)n1CCc1ccc(OC)c(OC)c1. The lowest BCUT2D eigenvalue weighted by atomic mass is 9.98. The molecule has 0 atom stereocenters. The van der Waals surface area contributed by atoms with E-state index in [1.807, 2.05) is 49.4 Å². The molecule has 2 aromatic carbocycles. The number of benzene rings is 2. The Kier molecular flexibility index (Phi) is 6.90. The number of methoxy groups -OCH3 is 3. The number of aryl methyl sites for hydroxylation is 1. The average molecular weight is 423 g/mol. The first-order valence-corrected chi connectivity index (χ1v) is 10.3. The van der Waals surface area contributed by atoms with Gasteiger partial charge in [0.1, 0.15) is 5.75 Å². The van der Waals surface area contributed by atoms with Gasteiger partial charge in [0.15, 0.2) is 11.5 Å². The molecule has 6 nitrogen and oxygen atoms in total. The van der Waals surface area contributed by atoms with Crippen LogP contribution < -0.4 is 19.9 Å². The number of amides is 1. The van der Waals surface area contributed by atoms with Crippen molar-refractivity contribution >= 4 is 5.91 Å². The predicted octanol–water partition coefficient (Wildman–Crippen LogP) is 4.39. The Morgan fingerprint density at radius 2 is 1.65 bits per heavy atom. The number of carbonyl (C=O) groups is 1. The summed E-state index contributed by atoms with van der Waals surface area (Å²) in [5.74, 6) is 1.69. The summed E-state index contributed by atoms with van der Waals surface area (Å²) in [6, 6.07) is 13.7. The van der Waals surface area contributed by atoms with Crippen molar-refractivity contribution in [3.8, 4) is 28.4 Å². The van der Waals surface area contributed by atoms with E-state index in [4.69, 9.17) is 19.9 Å². The van der Waals surface area contributed by atoms with Gasteiger partial charge in [0.25, 0.3) is 5.91 Å². The highest BCUT2D eigenvalue weighted by Crippen LogP contribution is 2.38. The van der Waals surface area contributed by atoms with E-state index >= 15 is 0 Å². The van der Waals surface area contributed by atoms with Gasteiger partial charge in [-0.05, 0) is 43.5 Å². The van der Waals surface area contributed by atoms with Gasteiger partial charge in [-0.15, -0.1) is 0 Å². The molecule has 31 heavy (non-hydrogen) atoms. The van der Waals surface area contributed by atoms with Crippen LogP contribution in [-0.4, -0.2) is 31.8 Å². The maximum absolute atomic E-state index is 12.5. The molecule has 1 amide bonds. The van der Waals surface area contributed by atoms with E-state index in [2.05, 4.69) is 11.5 Å². The highest BCUT2D eigenvalue weighted by atomic mass is 16.5. The van der Waals surface area contributed by atoms with E-state index in [1.54, 1.807) is 21.3 Å². The van der Waals surface area contributed by atoms with Crippen molar-refractivity contribution in [2.75, 3.05) is 21.3 Å². The van der Waals surface area contributed by atoms with Crippen molar-refractivity contribution in [2.24, 2.45) is 5.73 Å². The summed E-state index contributed by atoms with van der Waals surface area (Å²) in [6.45, 7) is 4.75. The van der Waals surface area contributed by atoms with Crippen molar-refractivity contribution in [1.29, 1.82) is 0 Å². The van der Waals surface area contributed by atoms with E-state index in [9.17, 15) is 4.79 Å². The molecule has 3 rings (SSSR count). The van der Waals surface area contributed by atoms with Gasteiger partial charge < -0.3 is 24.5 Å². The topological polar surface area (TPSA) is 75.7 Å². The third-order valence-electron chi connectivity index (χ3n) is 5.66. The predicted molar refractivity (Wildman–Crippen MR) is 122 cm³/mol. The lowest BCUT2D eigenvalue weighted by Crippen LogP contribution is -2.14. The number of hydrogen-bond donors (Lipinski definition) is 1. The number of nitrogens with two attached hydrogens (primary N) is 1. The summed E-state index contributed by atoms with van der Waals surface area (Å²) in [5, 5.41) is 0. The van der Waals surface area contributed by atoms with Crippen LogP contribution in [0.1, 0.15) is 34.2 Å². The highest BCUT2D eigenvalue weighted by Gasteiger charge is 2.25. The number of nitrogens with zero attached hydrogens (tertiary/aromatic N) is 1. The second-order valence-electron chi connectivity index (χ2n) is 7.29. The molecule has 0 aliphatic heterocycles. The molecule has 0 fully saturated rings. The summed E-state index contributed by atoms with van der Waals surface area (Å²) in [4.78, 5) is 12.5. The quantitative estimate of drug-likeness (QED) is 0.555. The minimum atomic E-state index is -0.432. The van der Waals surface area contributed by atoms with Crippen LogP contribution in [0, 0.1) is 6.92 Å². The van der Waals surface area contributed by atoms with E-state index in [-0.39, 0.29) is 0 Å². The third kappa shape index (κ3) is 4.24. The molecule has 164 valence electrons. The van der Waals surface area contributed by atoms with Gasteiger partial charge in [-0.25, -0.2) is 0 Å². The van der Waals surface area contributed by atoms with Gasteiger partial charge in [0.2, 0.25) is 0 Å². The van der Waals surface area contributed by atoms with E-state index < -0.39 is 5.91 Å². The fraction of sp³-hybridized carbons (Fsp3) is 0.320. The van der Waals surface area contributed by atoms with Crippen molar-refractivity contribution in [2.45, 2.75) is 33.2 Å². The Hall–Kier alpha value is -3.41. The third-order valence-corrected chi connectivity index (χ3v) is 5.66. The molecule has 1 heterocycles. The monoisotopic (exact) mass is 422 g/mol. The van der Waals surface area contributed by atoms with Crippen LogP contribution in [0.3, 0.4) is 0 Å². The van der Waals surface area contributed by atoms with E-state index in [1.165, 1.54) is 0 Å². The molecule has 0 saturated heterocycles. The molecule has 3 aromatic rings. The largest absolute Gasteiger partial charge is 0.496 e. The second-order valence-corrected chi connectivity index (χ2v) is 7.29. The smallest absolute Gasteiger partial charge is 0.251 e. The van der Waals surface area contributed by atoms with Crippen molar-refractivity contribution in [3.05, 3.63) is 65.0 Å². The Labute approximate surface area is 183 Å². The van der Waals surface area contributed by atoms with Crippen LogP contribution in [0.5, 0.6) is 17.2 Å². The van der Waals surface area contributed by atoms with Crippen LogP contribution in [0.15, 0.2) is 42.5 Å². The van der Waals surface area contributed by atoms with Crippen LogP contribution in [0.2, 0.25) is 0 Å². The van der Waals surface area contributed by atoms with E-state index in [0.29, 0.717) is 23.6 Å². The minimum Gasteiger partial charge on any atom is -0.496 e. The molecule has 0 radical (unpaired) electrons. The van der Waals surface area contributed by atoms with Crippen LogP contribution in [0.4, 0.5) is 0 Å². The molecule has 1 aromatic heterocycles. The lowest BCUT2D eigenvalue weighted by Gasteiger charge is -2.14. The zero-order chi connectivity index (χ0) is 22.5. The number of para-hydroxylation sites is 1. The van der Waals surface area contributed by atoms with Gasteiger partial charge in [-0.2, -0.15) is 0 Å². The summed E-state index contributed by atoms with van der Waals surface area (Å²) in [7, 11) is 4.89. The number of hydrogen-bond acceptors (Lipinski definition) is 4. The number of rotatable bonds is 9. The van der Waals surface area contributed by atoms with Gasteiger partial charge in [0.05, 0.1) is 26.9 Å². The molecular weight excluding hydrogens is 392 g/mol. The molecule has 6 heteroatoms. The van der Waals surface area contributed by atoms with Gasteiger partial charge in [0, 0.05) is 29.1 Å². The Morgan fingerprint density at radius 1 is 0.968 bits per heavy atom. The molecular formula is C25H30N2O4. The van der Waals surface area contributed by atoms with Crippen molar-refractivity contribution in [1.82, 2.24) is 4.57 Å². The maximum atomic E-state index is 12.5. The van der Waals surface area contributed by atoms with Crippen LogP contribution in [-0.2, 0) is 19.4 Å². The molecule has 0 aliphatic rings. The summed E-state index contributed by atoms with van der Waals surface area (Å²) in [6.07, 6.45) is 1.53. The zero-order valence-electron chi connectivity index (χ0n) is 18.8. The van der Waals surface area contributed by atoms with Gasteiger partial charge >= 0.3 is 0 Å². The Bertz CT molecular complexity index is 1090. The summed E-state index contributed by atoms with van der Waals surface area (Å²) in [5.41, 5.74) is 11.2. The van der Waals surface area contributed by atoms with Gasteiger partial charge in [-0.3, -0.25) is 4.79 Å². The normalized spacial score (nSPS) is 10.7. The molecule has 0 aliphatic carbocycles. The average Bonchev–Trinajstić information content (AvgIpc) is 3.08. The Morgan fingerprint density at radius 3 is 2.26 bits per heavy atom. The molecule has 0 unspecified atom stereocenters.